The lowest BCUT2D eigenvalue weighted by Crippen LogP contribution is -2.61. The van der Waals surface area contributed by atoms with Crippen LogP contribution in [0.2, 0.25) is 5.02 Å². The minimum Gasteiger partial charge on any atom is -0.311 e. The molecule has 106 valence electrons. The van der Waals surface area contributed by atoms with Crippen molar-refractivity contribution in [1.29, 1.82) is 0 Å². The van der Waals surface area contributed by atoms with Gasteiger partial charge in [-0.1, -0.05) is 24.6 Å². The molecule has 0 aliphatic carbocycles. The van der Waals surface area contributed by atoms with Gasteiger partial charge in [0.1, 0.15) is 5.82 Å². The first-order valence-corrected chi connectivity index (χ1v) is 7.23. The summed E-state index contributed by atoms with van der Waals surface area (Å²) in [6.07, 6.45) is 1.08. The topological polar surface area (TPSA) is 15.3 Å². The van der Waals surface area contributed by atoms with Crippen LogP contribution >= 0.6 is 11.6 Å². The lowest BCUT2D eigenvalue weighted by atomic mass is 9.95. The second-order valence-electron chi connectivity index (χ2n) is 5.88. The Balaban J connectivity index is 2.20. The average Bonchev–Trinajstić information content (AvgIpc) is 2.35. The summed E-state index contributed by atoms with van der Waals surface area (Å²) >= 11 is 6.13. The fraction of sp³-hybridized carbons (Fsp3) is 0.600. The van der Waals surface area contributed by atoms with Gasteiger partial charge in [0.05, 0.1) is 0 Å². The molecule has 0 radical (unpaired) electrons. The normalized spacial score (nSPS) is 23.5. The summed E-state index contributed by atoms with van der Waals surface area (Å²) in [6, 6.07) is 5.36. The van der Waals surface area contributed by atoms with Crippen molar-refractivity contribution in [2.24, 2.45) is 0 Å². The predicted octanol–water partition coefficient (Wildman–Crippen LogP) is 3.44. The van der Waals surface area contributed by atoms with Gasteiger partial charge in [-0.3, -0.25) is 4.90 Å². The molecule has 1 unspecified atom stereocenters. The molecular weight excluding hydrogens is 263 g/mol. The van der Waals surface area contributed by atoms with Crippen LogP contribution in [0.25, 0.3) is 0 Å². The lowest BCUT2D eigenvalue weighted by molar-refractivity contribution is 0.0567. The van der Waals surface area contributed by atoms with Crippen molar-refractivity contribution in [2.45, 2.75) is 45.3 Å². The van der Waals surface area contributed by atoms with Crippen LogP contribution in [0.3, 0.4) is 0 Å². The molecule has 1 saturated heterocycles. The monoisotopic (exact) mass is 284 g/mol. The van der Waals surface area contributed by atoms with Gasteiger partial charge >= 0.3 is 0 Å². The summed E-state index contributed by atoms with van der Waals surface area (Å²) in [5.41, 5.74) is 0.617. The second-order valence-corrected chi connectivity index (χ2v) is 6.29. The molecule has 1 heterocycles. The van der Waals surface area contributed by atoms with Crippen molar-refractivity contribution in [3.8, 4) is 0 Å². The second kappa shape index (κ2) is 5.78. The Morgan fingerprint density at radius 1 is 1.47 bits per heavy atom. The molecular formula is C15H22ClFN2. The molecule has 1 aliphatic heterocycles. The van der Waals surface area contributed by atoms with E-state index in [2.05, 4.69) is 31.0 Å². The van der Waals surface area contributed by atoms with Crippen LogP contribution in [0, 0.1) is 5.82 Å². The van der Waals surface area contributed by atoms with E-state index >= 15 is 0 Å². The van der Waals surface area contributed by atoms with Crippen molar-refractivity contribution >= 4 is 11.6 Å². The number of nitrogens with one attached hydrogen (secondary N) is 1. The molecule has 1 fully saturated rings. The number of nitrogens with zero attached hydrogens (tertiary/aromatic N) is 1. The smallest absolute Gasteiger partial charge is 0.129 e. The van der Waals surface area contributed by atoms with Gasteiger partial charge in [-0.05, 0) is 32.4 Å². The van der Waals surface area contributed by atoms with Gasteiger partial charge < -0.3 is 5.32 Å². The standard InChI is InChI=1S/C15H22ClFN2/c1-4-11-8-19(15(2,3)10-18-11)9-12-13(16)6-5-7-14(12)17/h5-7,11,18H,4,8-10H2,1-3H3. The van der Waals surface area contributed by atoms with Crippen molar-refractivity contribution in [2.75, 3.05) is 13.1 Å². The number of halogens is 2. The fourth-order valence-electron chi connectivity index (χ4n) is 2.51. The van der Waals surface area contributed by atoms with Crippen LogP contribution in [-0.2, 0) is 6.54 Å². The zero-order valence-corrected chi connectivity index (χ0v) is 12.6. The highest BCUT2D eigenvalue weighted by Crippen LogP contribution is 2.26. The van der Waals surface area contributed by atoms with E-state index in [9.17, 15) is 4.39 Å². The van der Waals surface area contributed by atoms with Crippen LogP contribution in [0.1, 0.15) is 32.8 Å². The first-order chi connectivity index (χ1) is 8.94. The van der Waals surface area contributed by atoms with Crippen molar-refractivity contribution < 1.29 is 4.39 Å². The molecule has 1 N–H and O–H groups in total. The van der Waals surface area contributed by atoms with E-state index in [1.807, 2.05) is 0 Å². The van der Waals surface area contributed by atoms with Gasteiger partial charge in [0, 0.05) is 41.8 Å². The molecule has 0 spiro atoms. The van der Waals surface area contributed by atoms with Gasteiger partial charge in [0.2, 0.25) is 0 Å². The van der Waals surface area contributed by atoms with Gasteiger partial charge in [-0.25, -0.2) is 4.39 Å². The zero-order chi connectivity index (χ0) is 14.0. The molecule has 1 aromatic carbocycles. The molecule has 19 heavy (non-hydrogen) atoms. The highest BCUT2D eigenvalue weighted by atomic mass is 35.5. The Morgan fingerprint density at radius 3 is 2.84 bits per heavy atom. The van der Waals surface area contributed by atoms with Gasteiger partial charge in [0.15, 0.2) is 0 Å². The molecule has 0 saturated carbocycles. The number of benzene rings is 1. The highest BCUT2D eigenvalue weighted by molar-refractivity contribution is 6.31. The highest BCUT2D eigenvalue weighted by Gasteiger charge is 2.33. The van der Waals surface area contributed by atoms with E-state index in [1.54, 1.807) is 12.1 Å². The first kappa shape index (κ1) is 14.8. The van der Waals surface area contributed by atoms with Crippen LogP contribution in [-0.4, -0.2) is 29.6 Å². The maximum absolute atomic E-state index is 13.9. The Bertz CT molecular complexity index is 428. The van der Waals surface area contributed by atoms with E-state index in [1.165, 1.54) is 6.07 Å². The molecule has 1 atom stereocenters. The summed E-state index contributed by atoms with van der Waals surface area (Å²) in [5, 5.41) is 4.05. The van der Waals surface area contributed by atoms with E-state index in [0.717, 1.165) is 19.5 Å². The van der Waals surface area contributed by atoms with Crippen LogP contribution in [0.15, 0.2) is 18.2 Å². The molecule has 2 rings (SSSR count). The average molecular weight is 285 g/mol. The van der Waals surface area contributed by atoms with E-state index < -0.39 is 0 Å². The molecule has 0 bridgehead atoms. The summed E-state index contributed by atoms with van der Waals surface area (Å²) in [5.74, 6) is -0.213. The number of piperazine rings is 1. The molecule has 1 aromatic rings. The Labute approximate surface area is 119 Å². The SMILES string of the molecule is CCC1CN(Cc2c(F)cccc2Cl)C(C)(C)CN1. The minimum atomic E-state index is -0.213. The summed E-state index contributed by atoms with van der Waals surface area (Å²) in [6.45, 7) is 8.94. The lowest BCUT2D eigenvalue weighted by Gasteiger charge is -2.46. The molecule has 0 aromatic heterocycles. The maximum atomic E-state index is 13.9. The van der Waals surface area contributed by atoms with Crippen molar-refractivity contribution in [3.63, 3.8) is 0 Å². The molecule has 2 nitrogen and oxygen atoms in total. The zero-order valence-electron chi connectivity index (χ0n) is 11.8. The predicted molar refractivity (Wildman–Crippen MR) is 78.0 cm³/mol. The summed E-state index contributed by atoms with van der Waals surface area (Å²) in [7, 11) is 0. The van der Waals surface area contributed by atoms with Gasteiger partial charge in [0.25, 0.3) is 0 Å². The summed E-state index contributed by atoms with van der Waals surface area (Å²) in [4.78, 5) is 2.32. The largest absolute Gasteiger partial charge is 0.311 e. The van der Waals surface area contributed by atoms with Crippen molar-refractivity contribution in [3.05, 3.63) is 34.6 Å². The minimum absolute atomic E-state index is 0.0112. The van der Waals surface area contributed by atoms with E-state index in [0.29, 0.717) is 23.2 Å². The van der Waals surface area contributed by atoms with Gasteiger partial charge in [-0.2, -0.15) is 0 Å². The van der Waals surface area contributed by atoms with Gasteiger partial charge in [-0.15, -0.1) is 0 Å². The third-order valence-electron chi connectivity index (χ3n) is 4.02. The Morgan fingerprint density at radius 2 is 2.21 bits per heavy atom. The van der Waals surface area contributed by atoms with Crippen LogP contribution in [0.4, 0.5) is 4.39 Å². The van der Waals surface area contributed by atoms with Crippen LogP contribution < -0.4 is 5.32 Å². The van der Waals surface area contributed by atoms with Crippen LogP contribution in [0.5, 0.6) is 0 Å². The third-order valence-corrected chi connectivity index (χ3v) is 4.38. The van der Waals surface area contributed by atoms with E-state index in [-0.39, 0.29) is 11.4 Å². The Kier molecular flexibility index (Phi) is 4.49. The number of rotatable bonds is 3. The van der Waals surface area contributed by atoms with Crippen molar-refractivity contribution in [1.82, 2.24) is 10.2 Å². The fourth-order valence-corrected chi connectivity index (χ4v) is 2.73. The Hall–Kier alpha value is -0.640. The molecule has 4 heteroatoms. The van der Waals surface area contributed by atoms with E-state index in [4.69, 9.17) is 11.6 Å². The third kappa shape index (κ3) is 3.28. The molecule has 0 amide bonds. The number of hydrogen-bond acceptors (Lipinski definition) is 2. The quantitative estimate of drug-likeness (QED) is 0.915. The summed E-state index contributed by atoms with van der Waals surface area (Å²) < 4.78 is 13.9. The number of hydrogen-bond donors (Lipinski definition) is 1. The maximum Gasteiger partial charge on any atom is 0.129 e. The molecule has 1 aliphatic rings. The first-order valence-electron chi connectivity index (χ1n) is 6.85.